The van der Waals surface area contributed by atoms with Crippen LogP contribution in [0.4, 0.5) is 23.0 Å². The van der Waals surface area contributed by atoms with Crippen LogP contribution < -0.4 is 16.4 Å². The van der Waals surface area contributed by atoms with Crippen molar-refractivity contribution >= 4 is 23.0 Å². The molecule has 0 fully saturated rings. The van der Waals surface area contributed by atoms with E-state index in [1.54, 1.807) is 0 Å². The molecule has 5 nitrogen and oxygen atoms in total. The van der Waals surface area contributed by atoms with Crippen molar-refractivity contribution in [3.8, 4) is 0 Å². The summed E-state index contributed by atoms with van der Waals surface area (Å²) in [5, 5.41) is 6.49. The highest BCUT2D eigenvalue weighted by Gasteiger charge is 2.15. The molecule has 1 aromatic carbocycles. The third kappa shape index (κ3) is 3.60. The summed E-state index contributed by atoms with van der Waals surface area (Å²) in [7, 11) is 0. The lowest BCUT2D eigenvalue weighted by Crippen LogP contribution is -2.27. The maximum absolute atomic E-state index is 6.13. The Kier molecular flexibility index (Phi) is 3.79. The van der Waals surface area contributed by atoms with Crippen LogP contribution in [0.5, 0.6) is 0 Å². The fourth-order valence-electron chi connectivity index (χ4n) is 1.81. The van der Waals surface area contributed by atoms with Crippen LogP contribution in [-0.2, 0) is 0 Å². The number of hydrogen-bond donors (Lipinski definition) is 3. The summed E-state index contributed by atoms with van der Waals surface area (Å²) in [6, 6.07) is 8.05. The van der Waals surface area contributed by atoms with Gasteiger partial charge in [0.1, 0.15) is 12.0 Å². The van der Waals surface area contributed by atoms with E-state index in [4.69, 9.17) is 5.73 Å². The molecule has 0 aliphatic rings. The minimum atomic E-state index is -0.108. The van der Waals surface area contributed by atoms with Gasteiger partial charge in [0.15, 0.2) is 11.6 Å². The summed E-state index contributed by atoms with van der Waals surface area (Å²) in [5.41, 5.74) is 8.67. The lowest BCUT2D eigenvalue weighted by molar-refractivity contribution is 0.630. The van der Waals surface area contributed by atoms with Crippen molar-refractivity contribution in [2.75, 3.05) is 16.4 Å². The molecule has 0 unspecified atom stereocenters. The fourth-order valence-corrected chi connectivity index (χ4v) is 1.81. The predicted octanol–water partition coefficient (Wildman–Crippen LogP) is 3.32. The molecular weight excluding hydrogens is 250 g/mol. The zero-order chi connectivity index (χ0) is 14.8. The molecule has 4 N–H and O–H groups in total. The molecule has 1 aromatic heterocycles. The van der Waals surface area contributed by atoms with Crippen molar-refractivity contribution in [1.29, 1.82) is 0 Å². The van der Waals surface area contributed by atoms with Crippen molar-refractivity contribution in [2.24, 2.45) is 0 Å². The molecule has 106 valence electrons. The van der Waals surface area contributed by atoms with E-state index in [1.807, 2.05) is 31.2 Å². The van der Waals surface area contributed by atoms with Crippen molar-refractivity contribution in [3.05, 3.63) is 36.2 Å². The molecule has 0 atom stereocenters. The molecule has 0 spiro atoms. The minimum absolute atomic E-state index is 0.108. The van der Waals surface area contributed by atoms with Crippen molar-refractivity contribution < 1.29 is 0 Å². The van der Waals surface area contributed by atoms with Crippen molar-refractivity contribution in [3.63, 3.8) is 0 Å². The molecule has 2 rings (SSSR count). The molecule has 20 heavy (non-hydrogen) atoms. The monoisotopic (exact) mass is 271 g/mol. The Morgan fingerprint density at radius 3 is 2.45 bits per heavy atom. The summed E-state index contributed by atoms with van der Waals surface area (Å²) in [4.78, 5) is 8.40. The molecule has 0 aliphatic heterocycles. The average molecular weight is 271 g/mol. The summed E-state index contributed by atoms with van der Waals surface area (Å²) in [5.74, 6) is 1.25. The maximum atomic E-state index is 6.13. The van der Waals surface area contributed by atoms with E-state index in [0.717, 1.165) is 5.69 Å². The SMILES string of the molecule is Cc1cccc(Nc2ncnc(NC(C)(C)C)c2N)c1. The Balaban J connectivity index is 2.27. The number of aromatic nitrogens is 2. The number of benzene rings is 1. The smallest absolute Gasteiger partial charge is 0.159 e. The van der Waals surface area contributed by atoms with E-state index in [-0.39, 0.29) is 5.54 Å². The molecule has 5 heteroatoms. The second-order valence-electron chi connectivity index (χ2n) is 5.85. The van der Waals surface area contributed by atoms with Gasteiger partial charge in [-0.3, -0.25) is 0 Å². The van der Waals surface area contributed by atoms with Crippen LogP contribution >= 0.6 is 0 Å². The van der Waals surface area contributed by atoms with Crippen LogP contribution in [0.15, 0.2) is 30.6 Å². The summed E-state index contributed by atoms with van der Waals surface area (Å²) in [6.45, 7) is 8.22. The third-order valence-electron chi connectivity index (χ3n) is 2.66. The van der Waals surface area contributed by atoms with Crippen LogP contribution in [0, 0.1) is 6.92 Å². The van der Waals surface area contributed by atoms with Gasteiger partial charge in [-0.1, -0.05) is 12.1 Å². The highest BCUT2D eigenvalue weighted by atomic mass is 15.1. The van der Waals surface area contributed by atoms with Gasteiger partial charge >= 0.3 is 0 Å². The van der Waals surface area contributed by atoms with Crippen LogP contribution in [0.2, 0.25) is 0 Å². The number of nitrogens with one attached hydrogen (secondary N) is 2. The number of aryl methyl sites for hydroxylation is 1. The Morgan fingerprint density at radius 1 is 1.10 bits per heavy atom. The van der Waals surface area contributed by atoms with Gasteiger partial charge in [-0.15, -0.1) is 0 Å². The normalized spacial score (nSPS) is 11.2. The van der Waals surface area contributed by atoms with Crippen LogP contribution in [0.3, 0.4) is 0 Å². The average Bonchev–Trinajstić information content (AvgIpc) is 2.33. The van der Waals surface area contributed by atoms with E-state index < -0.39 is 0 Å². The maximum Gasteiger partial charge on any atom is 0.159 e. The van der Waals surface area contributed by atoms with Gasteiger partial charge in [0, 0.05) is 11.2 Å². The standard InChI is InChI=1S/C15H21N5/c1-10-6-5-7-11(8-10)19-13-12(16)14(18-9-17-13)20-15(2,3)4/h5-9H,16H2,1-4H3,(H2,17,18,19,20). The van der Waals surface area contributed by atoms with Crippen LogP contribution in [0.1, 0.15) is 26.3 Å². The van der Waals surface area contributed by atoms with E-state index in [9.17, 15) is 0 Å². The predicted molar refractivity (Wildman–Crippen MR) is 84.3 cm³/mol. The largest absolute Gasteiger partial charge is 0.393 e. The molecule has 0 saturated heterocycles. The van der Waals surface area contributed by atoms with Gasteiger partial charge in [0.05, 0.1) is 0 Å². The van der Waals surface area contributed by atoms with Crippen molar-refractivity contribution in [2.45, 2.75) is 33.2 Å². The second kappa shape index (κ2) is 5.36. The number of rotatable bonds is 3. The number of nitrogens with two attached hydrogens (primary N) is 1. The van der Waals surface area contributed by atoms with Crippen LogP contribution in [0.25, 0.3) is 0 Å². The van der Waals surface area contributed by atoms with Crippen molar-refractivity contribution in [1.82, 2.24) is 9.97 Å². The first-order valence-electron chi connectivity index (χ1n) is 6.57. The third-order valence-corrected chi connectivity index (χ3v) is 2.66. The zero-order valence-corrected chi connectivity index (χ0v) is 12.4. The van der Waals surface area contributed by atoms with Gasteiger partial charge in [-0.2, -0.15) is 0 Å². The number of hydrogen-bond acceptors (Lipinski definition) is 5. The fraction of sp³-hybridized carbons (Fsp3) is 0.333. The Labute approximate surface area is 119 Å². The molecule has 0 saturated carbocycles. The molecule has 1 heterocycles. The Bertz CT molecular complexity index is 601. The molecule has 0 bridgehead atoms. The number of nitrogen functional groups attached to an aromatic ring is 1. The highest BCUT2D eigenvalue weighted by Crippen LogP contribution is 2.27. The van der Waals surface area contributed by atoms with Gasteiger partial charge in [0.2, 0.25) is 0 Å². The first-order chi connectivity index (χ1) is 9.35. The topological polar surface area (TPSA) is 75.9 Å². The number of nitrogens with zero attached hydrogens (tertiary/aromatic N) is 2. The Morgan fingerprint density at radius 2 is 1.80 bits per heavy atom. The van der Waals surface area contributed by atoms with Gasteiger partial charge in [-0.05, 0) is 45.4 Å². The minimum Gasteiger partial charge on any atom is -0.393 e. The first kappa shape index (κ1) is 14.1. The number of anilines is 4. The Hall–Kier alpha value is -2.30. The first-order valence-corrected chi connectivity index (χ1v) is 6.57. The van der Waals surface area contributed by atoms with Gasteiger partial charge in [0.25, 0.3) is 0 Å². The lowest BCUT2D eigenvalue weighted by Gasteiger charge is -2.22. The van der Waals surface area contributed by atoms with Gasteiger partial charge in [-0.25, -0.2) is 9.97 Å². The van der Waals surface area contributed by atoms with Crippen LogP contribution in [-0.4, -0.2) is 15.5 Å². The zero-order valence-electron chi connectivity index (χ0n) is 12.4. The van der Waals surface area contributed by atoms with E-state index >= 15 is 0 Å². The molecule has 0 radical (unpaired) electrons. The van der Waals surface area contributed by atoms with E-state index in [0.29, 0.717) is 17.3 Å². The lowest BCUT2D eigenvalue weighted by atomic mass is 10.1. The quantitative estimate of drug-likeness (QED) is 0.798. The van der Waals surface area contributed by atoms with E-state index in [1.165, 1.54) is 11.9 Å². The summed E-state index contributed by atoms with van der Waals surface area (Å²) in [6.07, 6.45) is 1.50. The summed E-state index contributed by atoms with van der Waals surface area (Å²) >= 11 is 0. The molecular formula is C15H21N5. The highest BCUT2D eigenvalue weighted by molar-refractivity contribution is 5.77. The van der Waals surface area contributed by atoms with E-state index in [2.05, 4.69) is 41.4 Å². The molecule has 0 aliphatic carbocycles. The molecule has 0 amide bonds. The molecule has 2 aromatic rings. The van der Waals surface area contributed by atoms with Gasteiger partial charge < -0.3 is 16.4 Å². The summed E-state index contributed by atoms with van der Waals surface area (Å²) < 4.78 is 0. The second-order valence-corrected chi connectivity index (χ2v) is 5.85.